The maximum absolute atomic E-state index is 12.4. The molecular weight excluding hydrogens is 367 g/mol. The molecule has 2 rings (SSSR count). The van der Waals surface area contributed by atoms with Gasteiger partial charge in [-0.3, -0.25) is 4.79 Å². The van der Waals surface area contributed by atoms with Gasteiger partial charge in [0.1, 0.15) is 5.56 Å². The quantitative estimate of drug-likeness (QED) is 0.761. The maximum Gasteiger partial charge on any atom is 0.344 e. The minimum atomic E-state index is -1.06. The number of aryl methyl sites for hydroxylation is 1. The molecule has 0 saturated heterocycles. The Morgan fingerprint density at radius 2 is 1.80 bits per heavy atom. The molecule has 0 spiro atoms. The van der Waals surface area contributed by atoms with Crippen molar-refractivity contribution in [2.75, 3.05) is 5.32 Å². The van der Waals surface area contributed by atoms with E-state index in [-0.39, 0.29) is 27.2 Å². The Labute approximate surface area is 155 Å². The lowest BCUT2D eigenvalue weighted by molar-refractivity contribution is -0.123. The van der Waals surface area contributed by atoms with E-state index in [0.29, 0.717) is 11.5 Å². The fraction of sp³-hybridized carbons (Fsp3) is 0.353. The number of benzene rings is 1. The van der Waals surface area contributed by atoms with Gasteiger partial charge >= 0.3 is 5.97 Å². The molecule has 1 aromatic heterocycles. The highest BCUT2D eigenvalue weighted by molar-refractivity contribution is 6.39. The molecule has 0 saturated carbocycles. The van der Waals surface area contributed by atoms with E-state index in [1.165, 1.54) is 6.92 Å². The first-order valence-electron chi connectivity index (χ1n) is 7.64. The van der Waals surface area contributed by atoms with Gasteiger partial charge in [-0.1, -0.05) is 48.3 Å². The third-order valence-electron chi connectivity index (χ3n) is 3.48. The number of hydrogen-bond donors (Lipinski definition) is 1. The lowest BCUT2D eigenvalue weighted by Crippen LogP contribution is -2.30. The van der Waals surface area contributed by atoms with E-state index in [0.717, 1.165) is 0 Å². The summed E-state index contributed by atoms with van der Waals surface area (Å²) in [5.41, 5.74) is 0.920. The summed E-state index contributed by atoms with van der Waals surface area (Å²) >= 11 is 12.0. The summed E-state index contributed by atoms with van der Waals surface area (Å²) in [5.74, 6) is -0.849. The first-order chi connectivity index (χ1) is 11.7. The number of nitrogens with one attached hydrogen (secondary N) is 1. The van der Waals surface area contributed by atoms with Crippen LogP contribution in [0.2, 0.25) is 10.0 Å². The van der Waals surface area contributed by atoms with Gasteiger partial charge in [-0.25, -0.2) is 4.79 Å². The van der Waals surface area contributed by atoms with Crippen LogP contribution in [0.5, 0.6) is 0 Å². The second-order valence-corrected chi connectivity index (χ2v) is 6.61. The third-order valence-corrected chi connectivity index (χ3v) is 4.11. The fourth-order valence-corrected chi connectivity index (χ4v) is 2.64. The zero-order chi connectivity index (χ0) is 18.7. The molecular formula is C17H18Cl2N2O4. The van der Waals surface area contributed by atoms with Crippen LogP contribution in [0.1, 0.15) is 48.5 Å². The van der Waals surface area contributed by atoms with Gasteiger partial charge in [0, 0.05) is 5.92 Å². The highest BCUT2D eigenvalue weighted by Crippen LogP contribution is 2.30. The van der Waals surface area contributed by atoms with Crippen LogP contribution >= 0.6 is 23.2 Å². The number of esters is 1. The molecule has 8 heteroatoms. The molecule has 0 aliphatic carbocycles. The summed E-state index contributed by atoms with van der Waals surface area (Å²) in [7, 11) is 0. The first kappa shape index (κ1) is 19.3. The van der Waals surface area contributed by atoms with Crippen LogP contribution < -0.4 is 5.32 Å². The molecule has 1 heterocycles. The molecule has 6 nitrogen and oxygen atoms in total. The number of halogens is 2. The Hall–Kier alpha value is -2.05. The fourth-order valence-electron chi connectivity index (χ4n) is 2.14. The molecule has 0 unspecified atom stereocenters. The summed E-state index contributed by atoms with van der Waals surface area (Å²) in [5, 5.41) is 6.93. The highest BCUT2D eigenvalue weighted by Gasteiger charge is 2.27. The molecule has 0 fully saturated rings. The number of aromatic nitrogens is 1. The number of carbonyl (C=O) groups excluding carboxylic acids is 2. The van der Waals surface area contributed by atoms with Crippen molar-refractivity contribution in [2.45, 2.75) is 39.7 Å². The molecule has 2 aromatic rings. The van der Waals surface area contributed by atoms with Crippen molar-refractivity contribution < 1.29 is 18.8 Å². The minimum Gasteiger partial charge on any atom is -0.449 e. The van der Waals surface area contributed by atoms with Gasteiger partial charge < -0.3 is 14.6 Å². The van der Waals surface area contributed by atoms with E-state index in [1.54, 1.807) is 25.1 Å². The first-order valence-corrected chi connectivity index (χ1v) is 8.40. The van der Waals surface area contributed by atoms with E-state index in [9.17, 15) is 9.59 Å². The monoisotopic (exact) mass is 384 g/mol. The molecule has 1 atom stereocenters. The number of carbonyl (C=O) groups is 2. The lowest BCUT2D eigenvalue weighted by atomic mass is 10.1. The highest BCUT2D eigenvalue weighted by atomic mass is 35.5. The second kappa shape index (κ2) is 7.89. The van der Waals surface area contributed by atoms with Gasteiger partial charge in [0.15, 0.2) is 11.9 Å². The van der Waals surface area contributed by atoms with Crippen molar-refractivity contribution in [3.8, 4) is 0 Å². The van der Waals surface area contributed by atoms with Crippen molar-refractivity contribution in [2.24, 2.45) is 0 Å². The minimum absolute atomic E-state index is 0.0465. The predicted octanol–water partition coefficient (Wildman–Crippen LogP) is 4.60. The molecule has 25 heavy (non-hydrogen) atoms. The number of ether oxygens (including phenoxy) is 1. The molecule has 1 N–H and O–H groups in total. The van der Waals surface area contributed by atoms with Gasteiger partial charge in [-0.05, 0) is 26.0 Å². The number of amides is 1. The van der Waals surface area contributed by atoms with Crippen LogP contribution in [0.3, 0.4) is 0 Å². The Morgan fingerprint density at radius 3 is 2.36 bits per heavy atom. The zero-order valence-corrected chi connectivity index (χ0v) is 15.7. The molecule has 1 amide bonds. The Kier molecular flexibility index (Phi) is 6.08. The summed E-state index contributed by atoms with van der Waals surface area (Å²) in [4.78, 5) is 24.7. The van der Waals surface area contributed by atoms with Crippen LogP contribution in [0.15, 0.2) is 22.7 Å². The van der Waals surface area contributed by atoms with Gasteiger partial charge in [-0.15, -0.1) is 0 Å². The SMILES string of the molecule is Cc1noc(C(C)C)c1C(=O)O[C@@H](C)C(=O)Nc1c(Cl)cccc1Cl. The molecule has 0 radical (unpaired) electrons. The van der Waals surface area contributed by atoms with Crippen molar-refractivity contribution in [1.82, 2.24) is 5.16 Å². The Balaban J connectivity index is 2.11. The van der Waals surface area contributed by atoms with Crippen molar-refractivity contribution in [1.29, 1.82) is 0 Å². The van der Waals surface area contributed by atoms with Gasteiger partial charge in [0.2, 0.25) is 0 Å². The Morgan fingerprint density at radius 1 is 1.20 bits per heavy atom. The number of para-hydroxylation sites is 1. The van der Waals surface area contributed by atoms with E-state index < -0.39 is 18.0 Å². The van der Waals surface area contributed by atoms with Crippen molar-refractivity contribution in [3.63, 3.8) is 0 Å². The molecule has 0 aliphatic rings. The number of anilines is 1. The van der Waals surface area contributed by atoms with Gasteiger partial charge in [0.05, 0.1) is 21.4 Å². The van der Waals surface area contributed by atoms with Crippen LogP contribution in [0, 0.1) is 6.92 Å². The summed E-state index contributed by atoms with van der Waals surface area (Å²) in [6.45, 7) is 6.83. The van der Waals surface area contributed by atoms with Gasteiger partial charge in [0.25, 0.3) is 5.91 Å². The predicted molar refractivity (Wildman–Crippen MR) is 95.3 cm³/mol. The van der Waals surface area contributed by atoms with E-state index in [4.69, 9.17) is 32.5 Å². The van der Waals surface area contributed by atoms with Crippen molar-refractivity contribution >= 4 is 40.8 Å². The van der Waals surface area contributed by atoms with Gasteiger partial charge in [-0.2, -0.15) is 0 Å². The topological polar surface area (TPSA) is 81.4 Å². The maximum atomic E-state index is 12.4. The largest absolute Gasteiger partial charge is 0.449 e. The number of rotatable bonds is 5. The zero-order valence-electron chi connectivity index (χ0n) is 14.2. The lowest BCUT2D eigenvalue weighted by Gasteiger charge is -2.15. The summed E-state index contributed by atoms with van der Waals surface area (Å²) in [6.07, 6.45) is -1.06. The molecule has 0 aliphatic heterocycles. The average molecular weight is 385 g/mol. The van der Waals surface area contributed by atoms with Crippen LogP contribution in [-0.2, 0) is 9.53 Å². The molecule has 1 aromatic carbocycles. The van der Waals surface area contributed by atoms with E-state index >= 15 is 0 Å². The van der Waals surface area contributed by atoms with Crippen molar-refractivity contribution in [3.05, 3.63) is 45.3 Å². The van der Waals surface area contributed by atoms with Crippen LogP contribution in [0.25, 0.3) is 0 Å². The number of nitrogens with zero attached hydrogens (tertiary/aromatic N) is 1. The van der Waals surface area contributed by atoms with Crippen LogP contribution in [0.4, 0.5) is 5.69 Å². The second-order valence-electron chi connectivity index (χ2n) is 5.80. The normalized spacial score (nSPS) is 12.1. The third kappa shape index (κ3) is 4.32. The smallest absolute Gasteiger partial charge is 0.344 e. The van der Waals surface area contributed by atoms with Crippen LogP contribution in [-0.4, -0.2) is 23.1 Å². The standard InChI is InChI=1S/C17H18Cl2N2O4/c1-8(2)15-13(9(3)21-25-15)17(23)24-10(4)16(22)20-14-11(18)6-5-7-12(14)19/h5-8,10H,1-4H3,(H,20,22)/t10-/m0/s1. The summed E-state index contributed by atoms with van der Waals surface area (Å²) < 4.78 is 10.4. The van der Waals surface area contributed by atoms with E-state index in [2.05, 4.69) is 10.5 Å². The van der Waals surface area contributed by atoms with E-state index in [1.807, 2.05) is 13.8 Å². The average Bonchev–Trinajstić information content (AvgIpc) is 2.92. The summed E-state index contributed by atoms with van der Waals surface area (Å²) in [6, 6.07) is 4.84. The Bertz CT molecular complexity index is 782. The number of hydrogen-bond acceptors (Lipinski definition) is 5. The molecule has 134 valence electrons. The molecule has 0 bridgehead atoms.